The number of rotatable bonds is 11. The molecule has 0 radical (unpaired) electrons. The molecule has 0 aromatic carbocycles. The van der Waals surface area contributed by atoms with Gasteiger partial charge in [0.05, 0.1) is 0 Å². The Balaban J connectivity index is 3.96. The minimum atomic E-state index is -1.08. The van der Waals surface area contributed by atoms with Crippen LogP contribution in [-0.4, -0.2) is 34.4 Å². The predicted molar refractivity (Wildman–Crippen MR) is 73.9 cm³/mol. The molecule has 0 fully saturated rings. The third-order valence-corrected chi connectivity index (χ3v) is 3.04. The standard InChI is InChI=1S/C13H29N3O2/c1-3-5-7-9-11-15(16(14)13(17)18)12-10-8-6-4-2/h3-12,14H2,1-2H3,(H,17,18). The van der Waals surface area contributed by atoms with Gasteiger partial charge in [0.2, 0.25) is 0 Å². The van der Waals surface area contributed by atoms with Crippen molar-refractivity contribution in [2.24, 2.45) is 5.84 Å². The molecule has 0 atom stereocenters. The molecule has 0 rings (SSSR count). The lowest BCUT2D eigenvalue weighted by molar-refractivity contribution is -0.0130. The van der Waals surface area contributed by atoms with E-state index in [0.717, 1.165) is 43.9 Å². The van der Waals surface area contributed by atoms with Gasteiger partial charge in [0.1, 0.15) is 0 Å². The number of unbranched alkanes of at least 4 members (excludes halogenated alkanes) is 6. The molecule has 5 heteroatoms. The van der Waals surface area contributed by atoms with E-state index in [2.05, 4.69) is 13.8 Å². The molecule has 108 valence electrons. The van der Waals surface area contributed by atoms with Gasteiger partial charge in [-0.25, -0.2) is 15.6 Å². The molecule has 0 aliphatic rings. The van der Waals surface area contributed by atoms with Gasteiger partial charge in [-0.3, -0.25) is 0 Å². The molecule has 0 heterocycles. The van der Waals surface area contributed by atoms with Crippen LogP contribution in [0.4, 0.5) is 4.79 Å². The van der Waals surface area contributed by atoms with Gasteiger partial charge in [-0.2, -0.15) is 5.12 Å². The summed E-state index contributed by atoms with van der Waals surface area (Å²) in [6, 6.07) is 0. The van der Waals surface area contributed by atoms with Crippen LogP contribution in [0, 0.1) is 0 Å². The Hall–Kier alpha value is -0.810. The van der Waals surface area contributed by atoms with Crippen LogP contribution in [0.2, 0.25) is 0 Å². The van der Waals surface area contributed by atoms with Crippen molar-refractivity contribution < 1.29 is 9.90 Å². The van der Waals surface area contributed by atoms with Crippen molar-refractivity contribution in [3.8, 4) is 0 Å². The number of carbonyl (C=O) groups is 1. The fraction of sp³-hybridized carbons (Fsp3) is 0.923. The van der Waals surface area contributed by atoms with E-state index < -0.39 is 6.09 Å². The van der Waals surface area contributed by atoms with Gasteiger partial charge in [0, 0.05) is 13.1 Å². The highest BCUT2D eigenvalue weighted by Crippen LogP contribution is 2.06. The number of hydrogen-bond donors (Lipinski definition) is 2. The van der Waals surface area contributed by atoms with Crippen molar-refractivity contribution >= 4 is 6.09 Å². The van der Waals surface area contributed by atoms with Gasteiger partial charge in [-0.05, 0) is 12.8 Å². The Morgan fingerprint density at radius 2 is 1.39 bits per heavy atom. The Bertz CT molecular complexity index is 200. The topological polar surface area (TPSA) is 69.8 Å². The summed E-state index contributed by atoms with van der Waals surface area (Å²) in [4.78, 5) is 10.9. The highest BCUT2D eigenvalue weighted by molar-refractivity contribution is 5.63. The predicted octanol–water partition coefficient (Wildman–Crippen LogP) is 3.22. The smallest absolute Gasteiger partial charge is 0.436 e. The first-order chi connectivity index (χ1) is 8.63. The summed E-state index contributed by atoms with van der Waals surface area (Å²) in [6.07, 6.45) is 7.95. The first-order valence-corrected chi connectivity index (χ1v) is 7.16. The van der Waals surface area contributed by atoms with E-state index in [1.807, 2.05) is 0 Å². The van der Waals surface area contributed by atoms with E-state index in [9.17, 15) is 4.79 Å². The molecule has 3 N–H and O–H groups in total. The summed E-state index contributed by atoms with van der Waals surface area (Å²) < 4.78 is 0. The van der Waals surface area contributed by atoms with Gasteiger partial charge < -0.3 is 5.11 Å². The molecule has 1 amide bonds. The average Bonchev–Trinajstić information content (AvgIpc) is 2.36. The molecule has 0 bridgehead atoms. The molecule has 18 heavy (non-hydrogen) atoms. The van der Waals surface area contributed by atoms with Gasteiger partial charge >= 0.3 is 6.09 Å². The molecule has 0 aliphatic carbocycles. The molecular formula is C13H29N3O2. The normalized spacial score (nSPS) is 10.9. The van der Waals surface area contributed by atoms with Crippen LogP contribution in [0.15, 0.2) is 0 Å². The minimum absolute atomic E-state index is 0.731. The summed E-state index contributed by atoms with van der Waals surface area (Å²) in [5.41, 5.74) is 0. The van der Waals surface area contributed by atoms with Gasteiger partial charge in [-0.1, -0.05) is 52.4 Å². The zero-order chi connectivity index (χ0) is 13.8. The van der Waals surface area contributed by atoms with Gasteiger partial charge in [0.15, 0.2) is 0 Å². The number of hydrazine groups is 2. The zero-order valence-corrected chi connectivity index (χ0v) is 11.9. The Kier molecular flexibility index (Phi) is 10.8. The van der Waals surface area contributed by atoms with E-state index in [0.29, 0.717) is 0 Å². The van der Waals surface area contributed by atoms with Crippen molar-refractivity contribution in [3.63, 3.8) is 0 Å². The largest absolute Gasteiger partial charge is 0.463 e. The third kappa shape index (κ3) is 8.31. The van der Waals surface area contributed by atoms with E-state index in [1.165, 1.54) is 25.7 Å². The Labute approximate surface area is 111 Å². The maximum absolute atomic E-state index is 10.9. The molecule has 0 aromatic rings. The van der Waals surface area contributed by atoms with E-state index in [4.69, 9.17) is 10.9 Å². The lowest BCUT2D eigenvalue weighted by atomic mass is 10.2. The van der Waals surface area contributed by atoms with Crippen LogP contribution in [0.5, 0.6) is 0 Å². The first kappa shape index (κ1) is 17.2. The van der Waals surface area contributed by atoms with Crippen molar-refractivity contribution in [1.82, 2.24) is 10.1 Å². The molecular weight excluding hydrogens is 230 g/mol. The van der Waals surface area contributed by atoms with Crippen molar-refractivity contribution in [1.29, 1.82) is 0 Å². The Morgan fingerprint density at radius 3 is 1.72 bits per heavy atom. The first-order valence-electron chi connectivity index (χ1n) is 7.16. The lowest BCUT2D eigenvalue weighted by Crippen LogP contribution is -2.51. The van der Waals surface area contributed by atoms with Gasteiger partial charge in [0.25, 0.3) is 0 Å². The number of amides is 1. The second-order valence-electron chi connectivity index (χ2n) is 4.70. The number of nitrogens with zero attached hydrogens (tertiary/aromatic N) is 2. The fourth-order valence-electron chi connectivity index (χ4n) is 1.89. The van der Waals surface area contributed by atoms with Crippen molar-refractivity contribution in [2.75, 3.05) is 13.1 Å². The third-order valence-electron chi connectivity index (χ3n) is 3.04. The molecule has 0 spiro atoms. The van der Waals surface area contributed by atoms with Crippen LogP contribution in [-0.2, 0) is 0 Å². The van der Waals surface area contributed by atoms with Crippen LogP contribution >= 0.6 is 0 Å². The van der Waals surface area contributed by atoms with Gasteiger partial charge in [-0.15, -0.1) is 0 Å². The summed E-state index contributed by atoms with van der Waals surface area (Å²) in [7, 11) is 0. The SMILES string of the molecule is CCCCCCN(CCCCCC)N(N)C(=O)O. The highest BCUT2D eigenvalue weighted by atomic mass is 16.4. The minimum Gasteiger partial charge on any atom is -0.463 e. The van der Waals surface area contributed by atoms with Crippen LogP contribution in [0.3, 0.4) is 0 Å². The average molecular weight is 259 g/mol. The molecule has 0 aromatic heterocycles. The summed E-state index contributed by atoms with van der Waals surface area (Å²) >= 11 is 0. The summed E-state index contributed by atoms with van der Waals surface area (Å²) in [5, 5.41) is 11.5. The maximum atomic E-state index is 10.9. The zero-order valence-electron chi connectivity index (χ0n) is 11.9. The van der Waals surface area contributed by atoms with Crippen molar-refractivity contribution in [2.45, 2.75) is 65.2 Å². The maximum Gasteiger partial charge on any atom is 0.436 e. The number of hydrogen-bond acceptors (Lipinski definition) is 3. The van der Waals surface area contributed by atoms with E-state index in [1.54, 1.807) is 5.01 Å². The summed E-state index contributed by atoms with van der Waals surface area (Å²) in [6.45, 7) is 5.79. The summed E-state index contributed by atoms with van der Waals surface area (Å²) in [5.74, 6) is 5.55. The quantitative estimate of drug-likeness (QED) is 0.259. The van der Waals surface area contributed by atoms with E-state index >= 15 is 0 Å². The molecule has 0 saturated carbocycles. The van der Waals surface area contributed by atoms with Crippen LogP contribution in [0.1, 0.15) is 65.2 Å². The second-order valence-corrected chi connectivity index (χ2v) is 4.70. The molecule has 0 aliphatic heterocycles. The Morgan fingerprint density at radius 1 is 0.944 bits per heavy atom. The molecule has 0 unspecified atom stereocenters. The van der Waals surface area contributed by atoms with E-state index in [-0.39, 0.29) is 0 Å². The fourth-order valence-corrected chi connectivity index (χ4v) is 1.89. The molecule has 5 nitrogen and oxygen atoms in total. The number of nitrogens with two attached hydrogens (primary N) is 1. The second kappa shape index (κ2) is 11.3. The van der Waals surface area contributed by atoms with Crippen LogP contribution in [0.25, 0.3) is 0 Å². The monoisotopic (exact) mass is 259 g/mol. The van der Waals surface area contributed by atoms with Crippen LogP contribution < -0.4 is 5.84 Å². The lowest BCUT2D eigenvalue weighted by Gasteiger charge is -2.28. The molecule has 0 saturated heterocycles. The highest BCUT2D eigenvalue weighted by Gasteiger charge is 2.15. The van der Waals surface area contributed by atoms with Crippen molar-refractivity contribution in [3.05, 3.63) is 0 Å². The number of carboxylic acid groups (broad SMARTS) is 1.